The number of hydrogen-bond acceptors (Lipinski definition) is 2. The van der Waals surface area contributed by atoms with Crippen molar-refractivity contribution in [2.45, 2.75) is 57.3 Å². The van der Waals surface area contributed by atoms with Gasteiger partial charge in [-0.05, 0) is 31.8 Å². The fraction of sp³-hybridized carbons (Fsp3) is 1.00. The summed E-state index contributed by atoms with van der Waals surface area (Å²) in [7, 11) is -4.64. The Morgan fingerprint density at radius 3 is 1.50 bits per heavy atom. The van der Waals surface area contributed by atoms with Gasteiger partial charge in [-0.15, -0.1) is 0 Å². The third-order valence-corrected chi connectivity index (χ3v) is 2.92. The number of hydrogen-bond donors (Lipinski definition) is 4. The molecule has 5 nitrogen and oxygen atoms in total. The van der Waals surface area contributed by atoms with Gasteiger partial charge in [-0.3, -0.25) is 0 Å². The first-order valence-corrected chi connectivity index (χ1v) is 8.90. The van der Waals surface area contributed by atoms with Gasteiger partial charge < -0.3 is 20.0 Å². The maximum absolute atomic E-state index is 12.9. The first-order chi connectivity index (χ1) is 11.5. The van der Waals surface area contributed by atoms with Crippen LogP contribution in [0, 0.1) is 5.92 Å². The van der Waals surface area contributed by atoms with E-state index in [4.69, 9.17) is 19.2 Å². The highest BCUT2D eigenvalue weighted by Crippen LogP contribution is 2.38. The molecule has 26 heavy (non-hydrogen) atoms. The van der Waals surface area contributed by atoms with Crippen molar-refractivity contribution in [1.82, 2.24) is 5.32 Å². The summed E-state index contributed by atoms with van der Waals surface area (Å²) >= 11 is 0. The van der Waals surface area contributed by atoms with Crippen molar-refractivity contribution in [3.63, 3.8) is 0 Å². The molecule has 0 fully saturated rings. The molecule has 0 rings (SSSR count). The summed E-state index contributed by atoms with van der Waals surface area (Å²) in [6, 6.07) is 0. The SMILES string of the molecule is CCCNCCC(CC(F)(F)C(F)F)CC(F)(F)C(F)F.O=P(O)(O)O. The molecule has 0 heterocycles. The molecule has 0 saturated carbocycles. The van der Waals surface area contributed by atoms with E-state index in [0.29, 0.717) is 13.0 Å². The molecule has 0 atom stereocenters. The smallest absolute Gasteiger partial charge is 0.317 e. The Bertz CT molecular complexity index is 392. The van der Waals surface area contributed by atoms with Gasteiger partial charge in [0, 0.05) is 12.8 Å². The minimum atomic E-state index is -4.64. The standard InChI is InChI=1S/C12H19F8N.H3O4P/c1-2-4-21-5-3-8(6-11(17,18)9(13)14)7-12(19,20)10(15)16;1-5(2,3)4/h8-10,21H,2-7H2,1H3;(H3,1,2,3,4). The summed E-state index contributed by atoms with van der Waals surface area (Å²) in [6.07, 6.45) is -10.7. The zero-order valence-electron chi connectivity index (χ0n) is 13.7. The number of nitrogens with one attached hydrogen (secondary N) is 1. The first-order valence-electron chi connectivity index (χ1n) is 7.33. The molecule has 160 valence electrons. The van der Waals surface area contributed by atoms with Crippen LogP contribution in [0.4, 0.5) is 35.1 Å². The molecule has 0 radical (unpaired) electrons. The molecular weight excluding hydrogens is 405 g/mol. The molecule has 0 aromatic carbocycles. The van der Waals surface area contributed by atoms with Crippen LogP contribution >= 0.6 is 7.82 Å². The lowest BCUT2D eigenvalue weighted by Crippen LogP contribution is -2.36. The van der Waals surface area contributed by atoms with E-state index in [1.807, 2.05) is 0 Å². The Kier molecular flexibility index (Phi) is 12.9. The van der Waals surface area contributed by atoms with Gasteiger partial charge in [0.2, 0.25) is 0 Å². The normalized spacial score (nSPS) is 13.3. The van der Waals surface area contributed by atoms with E-state index >= 15 is 0 Å². The highest BCUT2D eigenvalue weighted by molar-refractivity contribution is 7.45. The summed E-state index contributed by atoms with van der Waals surface area (Å²) in [4.78, 5) is 21.6. The van der Waals surface area contributed by atoms with Crippen LogP contribution in [0.2, 0.25) is 0 Å². The second-order valence-corrected chi connectivity index (χ2v) is 6.48. The number of phosphoric acid groups is 1. The predicted molar refractivity (Wildman–Crippen MR) is 76.7 cm³/mol. The molecule has 0 saturated heterocycles. The second kappa shape index (κ2) is 12.1. The maximum Gasteiger partial charge on any atom is 0.466 e. The van der Waals surface area contributed by atoms with Crippen LogP contribution in [0.15, 0.2) is 0 Å². The van der Waals surface area contributed by atoms with E-state index in [1.54, 1.807) is 6.92 Å². The second-order valence-electron chi connectivity index (χ2n) is 5.45. The van der Waals surface area contributed by atoms with Crippen LogP contribution in [-0.2, 0) is 4.57 Å². The van der Waals surface area contributed by atoms with E-state index in [-0.39, 0.29) is 13.0 Å². The molecule has 0 amide bonds. The molecular formula is C12H22F8NO4P. The molecule has 0 aliphatic heterocycles. The summed E-state index contributed by atoms with van der Waals surface area (Å²) < 4.78 is 109. The summed E-state index contributed by atoms with van der Waals surface area (Å²) in [5, 5.41) is 2.73. The molecule has 4 N–H and O–H groups in total. The van der Waals surface area contributed by atoms with Gasteiger partial charge in [0.1, 0.15) is 0 Å². The maximum atomic E-state index is 12.9. The third kappa shape index (κ3) is 15.7. The van der Waals surface area contributed by atoms with E-state index in [9.17, 15) is 35.1 Å². The lowest BCUT2D eigenvalue weighted by molar-refractivity contribution is -0.165. The summed E-state index contributed by atoms with van der Waals surface area (Å²) in [5.41, 5.74) is 0. The lowest BCUT2D eigenvalue weighted by atomic mass is 9.91. The Labute approximate surface area is 145 Å². The minimum absolute atomic E-state index is 0.0249. The highest BCUT2D eigenvalue weighted by atomic mass is 31.2. The van der Waals surface area contributed by atoms with E-state index in [1.165, 1.54) is 0 Å². The fourth-order valence-corrected chi connectivity index (χ4v) is 1.83. The summed E-state index contributed by atoms with van der Waals surface area (Å²) in [6.45, 7) is 2.32. The topological polar surface area (TPSA) is 89.8 Å². The van der Waals surface area contributed by atoms with Crippen LogP contribution in [0.3, 0.4) is 0 Å². The average Bonchev–Trinajstić information content (AvgIpc) is 2.40. The van der Waals surface area contributed by atoms with Crippen LogP contribution in [0.1, 0.15) is 32.6 Å². The van der Waals surface area contributed by atoms with Gasteiger partial charge in [0.05, 0.1) is 0 Å². The van der Waals surface area contributed by atoms with Crippen LogP contribution in [0.25, 0.3) is 0 Å². The van der Waals surface area contributed by atoms with Crippen molar-refractivity contribution >= 4 is 7.82 Å². The van der Waals surface area contributed by atoms with Crippen molar-refractivity contribution in [2.75, 3.05) is 13.1 Å². The first kappa shape index (κ1) is 27.7. The van der Waals surface area contributed by atoms with Crippen molar-refractivity contribution in [2.24, 2.45) is 5.92 Å². The number of alkyl halides is 8. The molecule has 0 aromatic rings. The molecule has 0 bridgehead atoms. The molecule has 14 heteroatoms. The fourth-order valence-electron chi connectivity index (χ4n) is 1.83. The third-order valence-electron chi connectivity index (χ3n) is 2.92. The van der Waals surface area contributed by atoms with Crippen LogP contribution in [0.5, 0.6) is 0 Å². The average molecular weight is 427 g/mol. The van der Waals surface area contributed by atoms with Crippen molar-refractivity contribution in [3.05, 3.63) is 0 Å². The molecule has 0 aliphatic rings. The summed E-state index contributed by atoms with van der Waals surface area (Å²) in [5.74, 6) is -10.6. The van der Waals surface area contributed by atoms with E-state index in [2.05, 4.69) is 5.32 Å². The van der Waals surface area contributed by atoms with Gasteiger partial charge in [0.15, 0.2) is 0 Å². The highest BCUT2D eigenvalue weighted by Gasteiger charge is 2.47. The zero-order valence-corrected chi connectivity index (χ0v) is 14.6. The number of halogens is 8. The van der Waals surface area contributed by atoms with Crippen LogP contribution < -0.4 is 5.32 Å². The van der Waals surface area contributed by atoms with Crippen molar-refractivity contribution < 1.29 is 54.4 Å². The zero-order chi connectivity index (χ0) is 21.2. The largest absolute Gasteiger partial charge is 0.466 e. The predicted octanol–water partition coefficient (Wildman–Crippen LogP) is 3.64. The van der Waals surface area contributed by atoms with E-state index < -0.39 is 51.3 Å². The molecule has 0 unspecified atom stereocenters. The quantitative estimate of drug-likeness (QED) is 0.230. The van der Waals surface area contributed by atoms with Gasteiger partial charge in [0.25, 0.3) is 0 Å². The Morgan fingerprint density at radius 1 is 0.885 bits per heavy atom. The van der Waals surface area contributed by atoms with Crippen LogP contribution in [-0.4, -0.2) is 52.5 Å². The van der Waals surface area contributed by atoms with Gasteiger partial charge in [-0.2, -0.15) is 0 Å². The lowest BCUT2D eigenvalue weighted by Gasteiger charge is -2.26. The molecule has 0 aliphatic carbocycles. The van der Waals surface area contributed by atoms with Gasteiger partial charge >= 0.3 is 32.5 Å². The Morgan fingerprint density at radius 2 is 1.23 bits per heavy atom. The molecule has 0 aromatic heterocycles. The number of rotatable bonds is 11. The monoisotopic (exact) mass is 427 g/mol. The van der Waals surface area contributed by atoms with Gasteiger partial charge in [-0.1, -0.05) is 6.92 Å². The Hall–Kier alpha value is -0.490. The van der Waals surface area contributed by atoms with Gasteiger partial charge in [-0.25, -0.2) is 39.7 Å². The van der Waals surface area contributed by atoms with Crippen molar-refractivity contribution in [3.8, 4) is 0 Å². The van der Waals surface area contributed by atoms with Crippen molar-refractivity contribution in [1.29, 1.82) is 0 Å². The Balaban J connectivity index is 0. The van der Waals surface area contributed by atoms with E-state index in [0.717, 1.165) is 0 Å². The molecule has 0 spiro atoms. The minimum Gasteiger partial charge on any atom is -0.317 e.